The van der Waals surface area contributed by atoms with E-state index < -0.39 is 5.41 Å². The lowest BCUT2D eigenvalue weighted by molar-refractivity contribution is -0.130. The van der Waals surface area contributed by atoms with Crippen molar-refractivity contribution in [2.45, 2.75) is 45.1 Å². The van der Waals surface area contributed by atoms with E-state index in [-0.39, 0.29) is 18.3 Å². The SMILES string of the molecule is Cl.NCC1(C(=O)Nc2cccc(-c3nnc4n3CCCCC4)c2)CCOCC1. The lowest BCUT2D eigenvalue weighted by atomic mass is 9.79. The normalized spacial score (nSPS) is 18.5. The van der Waals surface area contributed by atoms with Crippen LogP contribution in [0.15, 0.2) is 24.3 Å². The second-order valence-electron chi connectivity index (χ2n) is 7.53. The molecule has 152 valence electrons. The molecule has 0 radical (unpaired) electrons. The third-order valence-corrected chi connectivity index (χ3v) is 5.81. The third-order valence-electron chi connectivity index (χ3n) is 5.81. The number of amides is 1. The summed E-state index contributed by atoms with van der Waals surface area (Å²) in [4.78, 5) is 12.9. The standard InChI is InChI=1S/C20H27N5O2.ClH/c21-14-20(8-11-27-12-9-20)19(26)22-16-6-4-5-15(13-16)18-24-23-17-7-2-1-3-10-25(17)18;/h4-6,13H,1-3,7-12,14,21H2,(H,22,26);1H. The van der Waals surface area contributed by atoms with Crippen LogP contribution < -0.4 is 11.1 Å². The molecule has 0 atom stereocenters. The number of carbonyl (C=O) groups is 1. The predicted octanol–water partition coefficient (Wildman–Crippen LogP) is 2.79. The summed E-state index contributed by atoms with van der Waals surface area (Å²) in [6.07, 6.45) is 5.84. The Kier molecular flexibility index (Phi) is 6.69. The van der Waals surface area contributed by atoms with E-state index in [1.54, 1.807) is 0 Å². The number of carbonyl (C=O) groups excluding carboxylic acids is 1. The Morgan fingerprint density at radius 2 is 2.04 bits per heavy atom. The van der Waals surface area contributed by atoms with Gasteiger partial charge >= 0.3 is 0 Å². The van der Waals surface area contributed by atoms with Gasteiger partial charge in [-0.05, 0) is 37.8 Å². The number of aromatic nitrogens is 3. The number of benzene rings is 1. The van der Waals surface area contributed by atoms with Crippen molar-refractivity contribution in [3.63, 3.8) is 0 Å². The first-order chi connectivity index (χ1) is 13.2. The topological polar surface area (TPSA) is 95.1 Å². The summed E-state index contributed by atoms with van der Waals surface area (Å²) in [6.45, 7) is 2.44. The largest absolute Gasteiger partial charge is 0.381 e. The molecule has 2 aromatic rings. The molecule has 3 heterocycles. The van der Waals surface area contributed by atoms with Crippen molar-refractivity contribution in [3.05, 3.63) is 30.1 Å². The highest BCUT2D eigenvalue weighted by Gasteiger charge is 2.38. The van der Waals surface area contributed by atoms with Gasteiger partial charge in [0, 0.05) is 44.0 Å². The van der Waals surface area contributed by atoms with Crippen LogP contribution in [0.1, 0.15) is 37.9 Å². The van der Waals surface area contributed by atoms with E-state index in [1.807, 2.05) is 24.3 Å². The molecule has 0 unspecified atom stereocenters. The predicted molar refractivity (Wildman–Crippen MR) is 110 cm³/mol. The number of hydrogen-bond acceptors (Lipinski definition) is 5. The van der Waals surface area contributed by atoms with E-state index in [2.05, 4.69) is 20.1 Å². The average Bonchev–Trinajstić information content (AvgIpc) is 2.97. The maximum Gasteiger partial charge on any atom is 0.232 e. The summed E-state index contributed by atoms with van der Waals surface area (Å²) in [7, 11) is 0. The van der Waals surface area contributed by atoms with Crippen molar-refractivity contribution in [3.8, 4) is 11.4 Å². The van der Waals surface area contributed by atoms with Gasteiger partial charge in [0.2, 0.25) is 5.91 Å². The van der Waals surface area contributed by atoms with Crippen LogP contribution in [-0.4, -0.2) is 40.4 Å². The molecule has 1 saturated heterocycles. The minimum absolute atomic E-state index is 0. The Labute approximate surface area is 171 Å². The molecular weight excluding hydrogens is 378 g/mol. The molecule has 0 spiro atoms. The van der Waals surface area contributed by atoms with E-state index in [1.165, 1.54) is 12.8 Å². The van der Waals surface area contributed by atoms with Gasteiger partial charge in [0.1, 0.15) is 5.82 Å². The van der Waals surface area contributed by atoms with Crippen molar-refractivity contribution >= 4 is 24.0 Å². The summed E-state index contributed by atoms with van der Waals surface area (Å²) >= 11 is 0. The summed E-state index contributed by atoms with van der Waals surface area (Å²) < 4.78 is 7.62. The van der Waals surface area contributed by atoms with E-state index in [0.717, 1.165) is 42.3 Å². The number of fused-ring (bicyclic) bond motifs is 1. The van der Waals surface area contributed by atoms with Gasteiger partial charge in [0.25, 0.3) is 0 Å². The quantitative estimate of drug-likeness (QED) is 0.815. The molecule has 0 saturated carbocycles. The Hall–Kier alpha value is -1.96. The first-order valence-electron chi connectivity index (χ1n) is 9.84. The number of hydrogen-bond donors (Lipinski definition) is 2. The molecule has 0 bridgehead atoms. The van der Waals surface area contributed by atoms with Crippen LogP contribution in [0.2, 0.25) is 0 Å². The monoisotopic (exact) mass is 405 g/mol. The van der Waals surface area contributed by atoms with Crippen LogP contribution in [0.25, 0.3) is 11.4 Å². The van der Waals surface area contributed by atoms with Crippen LogP contribution in [0.5, 0.6) is 0 Å². The Morgan fingerprint density at radius 3 is 2.82 bits per heavy atom. The third kappa shape index (κ3) is 4.06. The highest BCUT2D eigenvalue weighted by atomic mass is 35.5. The fourth-order valence-corrected chi connectivity index (χ4v) is 3.98. The lowest BCUT2D eigenvalue weighted by Crippen LogP contribution is -2.46. The van der Waals surface area contributed by atoms with Crippen LogP contribution in [0, 0.1) is 5.41 Å². The second-order valence-corrected chi connectivity index (χ2v) is 7.53. The summed E-state index contributed by atoms with van der Waals surface area (Å²) in [5.74, 6) is 1.91. The van der Waals surface area contributed by atoms with Crippen LogP contribution in [-0.2, 0) is 22.5 Å². The smallest absolute Gasteiger partial charge is 0.232 e. The number of anilines is 1. The molecule has 1 fully saturated rings. The number of aryl methyl sites for hydroxylation is 1. The second kappa shape index (κ2) is 9.03. The first kappa shape index (κ1) is 20.8. The van der Waals surface area contributed by atoms with Crippen LogP contribution >= 0.6 is 12.4 Å². The van der Waals surface area contributed by atoms with Gasteiger partial charge in [0.05, 0.1) is 5.41 Å². The van der Waals surface area contributed by atoms with Gasteiger partial charge in [-0.3, -0.25) is 4.79 Å². The van der Waals surface area contributed by atoms with Gasteiger partial charge in [-0.2, -0.15) is 0 Å². The summed E-state index contributed by atoms with van der Waals surface area (Å²) in [6, 6.07) is 7.85. The van der Waals surface area contributed by atoms with E-state index in [0.29, 0.717) is 32.6 Å². The van der Waals surface area contributed by atoms with Crippen LogP contribution in [0.4, 0.5) is 5.69 Å². The molecule has 2 aliphatic heterocycles. The minimum atomic E-state index is -0.541. The summed E-state index contributed by atoms with van der Waals surface area (Å²) in [5.41, 5.74) is 7.15. The van der Waals surface area contributed by atoms with Crippen molar-refractivity contribution in [2.24, 2.45) is 11.1 Å². The number of nitrogens with one attached hydrogen (secondary N) is 1. The Bertz CT molecular complexity index is 817. The van der Waals surface area contributed by atoms with Crippen molar-refractivity contribution in [1.29, 1.82) is 0 Å². The fraction of sp³-hybridized carbons (Fsp3) is 0.550. The highest BCUT2D eigenvalue weighted by molar-refractivity contribution is 5.96. The molecule has 3 N–H and O–H groups in total. The molecule has 28 heavy (non-hydrogen) atoms. The van der Waals surface area contributed by atoms with E-state index in [9.17, 15) is 4.79 Å². The molecule has 7 nitrogen and oxygen atoms in total. The Balaban J connectivity index is 0.00000225. The molecule has 1 amide bonds. The van der Waals surface area contributed by atoms with Crippen molar-refractivity contribution < 1.29 is 9.53 Å². The molecule has 1 aromatic carbocycles. The number of halogens is 1. The summed E-state index contributed by atoms with van der Waals surface area (Å²) in [5, 5.41) is 11.9. The van der Waals surface area contributed by atoms with Gasteiger partial charge in [-0.25, -0.2) is 0 Å². The average molecular weight is 406 g/mol. The number of rotatable bonds is 4. The first-order valence-corrected chi connectivity index (χ1v) is 9.84. The van der Waals surface area contributed by atoms with Gasteiger partial charge in [0.15, 0.2) is 5.82 Å². The molecule has 8 heteroatoms. The van der Waals surface area contributed by atoms with Crippen molar-refractivity contribution in [2.75, 3.05) is 25.1 Å². The molecule has 0 aliphatic carbocycles. The maximum absolute atomic E-state index is 12.9. The Morgan fingerprint density at radius 1 is 1.21 bits per heavy atom. The van der Waals surface area contributed by atoms with Crippen molar-refractivity contribution in [1.82, 2.24) is 14.8 Å². The molecular formula is C20H28ClN5O2. The highest BCUT2D eigenvalue weighted by Crippen LogP contribution is 2.32. The van der Waals surface area contributed by atoms with E-state index >= 15 is 0 Å². The zero-order chi connectivity index (χ0) is 18.7. The van der Waals surface area contributed by atoms with Gasteiger partial charge < -0.3 is 20.4 Å². The number of nitrogens with two attached hydrogens (primary N) is 1. The van der Waals surface area contributed by atoms with Gasteiger partial charge in [-0.1, -0.05) is 18.6 Å². The van der Waals surface area contributed by atoms with Crippen LogP contribution in [0.3, 0.4) is 0 Å². The number of nitrogens with zero attached hydrogens (tertiary/aromatic N) is 3. The van der Waals surface area contributed by atoms with Gasteiger partial charge in [-0.15, -0.1) is 22.6 Å². The lowest BCUT2D eigenvalue weighted by Gasteiger charge is -2.34. The van der Waals surface area contributed by atoms with E-state index in [4.69, 9.17) is 10.5 Å². The minimum Gasteiger partial charge on any atom is -0.381 e. The molecule has 2 aliphatic rings. The zero-order valence-electron chi connectivity index (χ0n) is 16.0. The molecule has 4 rings (SSSR count). The molecule has 1 aromatic heterocycles. The maximum atomic E-state index is 12.9. The zero-order valence-corrected chi connectivity index (χ0v) is 16.8. The fourth-order valence-electron chi connectivity index (χ4n) is 3.98. The number of ether oxygens (including phenoxy) is 1.